The fraction of sp³-hybridized carbons (Fsp3) is 0.308. The predicted molar refractivity (Wildman–Crippen MR) is 59.9 cm³/mol. The van der Waals surface area contributed by atoms with E-state index >= 15 is 0 Å². The molecule has 2 aliphatic carbocycles. The molecule has 2 rings (SSSR count). The van der Waals surface area contributed by atoms with Gasteiger partial charge in [-0.25, -0.2) is 24.3 Å². The van der Waals surface area contributed by atoms with E-state index in [-0.39, 0.29) is 24.8 Å². The van der Waals surface area contributed by atoms with Gasteiger partial charge in [0.1, 0.15) is 0 Å². The number of rotatable bonds is 0. The van der Waals surface area contributed by atoms with Crippen molar-refractivity contribution >= 4 is 3.21 Å². The van der Waals surface area contributed by atoms with E-state index in [0.717, 1.165) is 19.8 Å². The topological polar surface area (TPSA) is 0 Å². The Bertz CT molecular complexity index is 300. The van der Waals surface area contributed by atoms with Crippen LogP contribution in [0.3, 0.4) is 0 Å². The molecule has 0 atom stereocenters. The van der Waals surface area contributed by atoms with E-state index in [0.29, 0.717) is 24.2 Å². The molecule has 0 saturated heterocycles. The first-order valence-corrected chi connectivity index (χ1v) is 6.23. The monoisotopic (exact) mass is 386 g/mol. The number of alkyl halides is 3. The Morgan fingerprint density at radius 3 is 1.37 bits per heavy atom. The molecule has 0 saturated carbocycles. The maximum atomic E-state index is 11.2. The second-order valence-electron chi connectivity index (χ2n) is 3.13. The van der Waals surface area contributed by atoms with E-state index < -0.39 is 9.38 Å². The van der Waals surface area contributed by atoms with E-state index in [9.17, 15) is 13.2 Å². The van der Waals surface area contributed by atoms with Crippen molar-refractivity contribution in [1.29, 1.82) is 0 Å². The van der Waals surface area contributed by atoms with E-state index in [2.05, 4.69) is 24.3 Å². The van der Waals surface area contributed by atoms with Gasteiger partial charge in [0.15, 0.2) is 0 Å². The van der Waals surface area contributed by atoms with Crippen molar-refractivity contribution in [3.63, 3.8) is 0 Å². The molecule has 0 radical (unpaired) electrons. The third kappa shape index (κ3) is 18.1. The minimum atomic E-state index is -4.04. The number of allylic oxidation sites excluding steroid dienone is 8. The fourth-order valence-electron chi connectivity index (χ4n) is 0.680. The zero-order chi connectivity index (χ0) is 13.1. The molecule has 0 unspecified atom stereocenters. The van der Waals surface area contributed by atoms with Gasteiger partial charge >= 0.3 is 53.7 Å². The Kier molecular flexibility index (Phi) is 18.4. The Balaban J connectivity index is -0.000000194. The molecule has 106 valence electrons. The van der Waals surface area contributed by atoms with Gasteiger partial charge in [-0.2, -0.15) is 12.2 Å². The van der Waals surface area contributed by atoms with Crippen molar-refractivity contribution in [2.75, 3.05) is 0 Å². The average Bonchev–Trinajstić information content (AvgIpc) is 2.96. The van der Waals surface area contributed by atoms with Gasteiger partial charge < -0.3 is 24.8 Å². The number of hydrogen-bond donors (Lipinski definition) is 0. The van der Waals surface area contributed by atoms with Crippen LogP contribution in [0, 0.1) is 12.2 Å². The normalized spacial score (nSPS) is 13.6. The van der Waals surface area contributed by atoms with Crippen LogP contribution in [-0.4, -0.2) is 9.38 Å². The summed E-state index contributed by atoms with van der Waals surface area (Å²) in [4.78, 5) is 0. The molecule has 0 aromatic carbocycles. The predicted octanol–water partition coefficient (Wildman–Crippen LogP) is -2.09. The maximum Gasteiger partial charge on any atom is -0.109 e. The molecule has 0 spiro atoms. The second kappa shape index (κ2) is 14.5. The van der Waals surface area contributed by atoms with Crippen LogP contribution in [0.5, 0.6) is 0 Å². The van der Waals surface area contributed by atoms with Crippen LogP contribution in [0.2, 0.25) is 0 Å². The Morgan fingerprint density at radius 1 is 1.00 bits per heavy atom. The van der Waals surface area contributed by atoms with Gasteiger partial charge in [-0.1, -0.05) is 0 Å². The molecule has 6 heteroatoms. The molecule has 0 amide bonds. The van der Waals surface area contributed by atoms with Crippen LogP contribution >= 0.6 is 0 Å². The quantitative estimate of drug-likeness (QED) is 0.418. The van der Waals surface area contributed by atoms with Crippen molar-refractivity contribution in [3.8, 4) is 0 Å². The molecule has 0 nitrogen and oxygen atoms in total. The van der Waals surface area contributed by atoms with Gasteiger partial charge in [0, 0.05) is 0 Å². The van der Waals surface area contributed by atoms with E-state index in [1.807, 2.05) is 24.3 Å². The Labute approximate surface area is 139 Å². The summed E-state index contributed by atoms with van der Waals surface area (Å²) in [7, 11) is 0. The average molecular weight is 388 g/mol. The molecule has 0 fully saturated rings. The summed E-state index contributed by atoms with van der Waals surface area (Å²) in [6, 6.07) is 0. The molecule has 0 bridgehead atoms. The van der Waals surface area contributed by atoms with Crippen molar-refractivity contribution < 1.29 is 62.2 Å². The first-order valence-electron chi connectivity index (χ1n) is 5.00. The van der Waals surface area contributed by atoms with Crippen molar-refractivity contribution in [1.82, 2.24) is 0 Å². The minimum Gasteiger partial charge on any atom is -1.00 e. The van der Waals surface area contributed by atoms with Gasteiger partial charge in [0.2, 0.25) is 0 Å². The fourth-order valence-corrected chi connectivity index (χ4v) is 0.680. The summed E-state index contributed by atoms with van der Waals surface area (Å²) in [5, 5.41) is 0. The summed E-state index contributed by atoms with van der Waals surface area (Å²) >= 11 is 0.444. The molecular weight excluding hydrogens is 375 g/mol. The second-order valence-corrected chi connectivity index (χ2v) is 4.97. The van der Waals surface area contributed by atoms with Crippen molar-refractivity contribution in [2.24, 2.45) is 0 Å². The third-order valence-corrected chi connectivity index (χ3v) is 2.29. The zero-order valence-electron chi connectivity index (χ0n) is 10.3. The summed E-state index contributed by atoms with van der Waals surface area (Å²) in [6.07, 6.45) is 16.0. The third-order valence-electron chi connectivity index (χ3n) is 1.60. The van der Waals surface area contributed by atoms with Crippen LogP contribution in [0.25, 0.3) is 0 Å². The first kappa shape index (κ1) is 24.1. The molecule has 19 heavy (non-hydrogen) atoms. The van der Waals surface area contributed by atoms with E-state index in [1.54, 1.807) is 0 Å². The van der Waals surface area contributed by atoms with Crippen LogP contribution < -0.4 is 24.8 Å². The Morgan fingerprint density at radius 2 is 1.32 bits per heavy atom. The van der Waals surface area contributed by atoms with Gasteiger partial charge in [-0.3, -0.25) is 12.2 Å². The number of hydrogen-bond acceptors (Lipinski definition) is 0. The van der Waals surface area contributed by atoms with Crippen LogP contribution in [0.4, 0.5) is 13.2 Å². The Hall–Kier alpha value is 0.0831. The summed E-state index contributed by atoms with van der Waals surface area (Å²) in [5.41, 5.74) is 0. The molecule has 0 aliphatic heterocycles. The maximum absolute atomic E-state index is 11.2. The van der Waals surface area contributed by atoms with Gasteiger partial charge in [0.25, 0.3) is 0 Å². The minimum absolute atomic E-state index is 0. The molecular formula is C13H13Cl2F3Zr-2. The molecule has 0 aromatic heterocycles. The summed E-state index contributed by atoms with van der Waals surface area (Å²) in [5.74, 6) is 0. The van der Waals surface area contributed by atoms with Crippen molar-refractivity contribution in [3.05, 3.63) is 48.6 Å². The van der Waals surface area contributed by atoms with Gasteiger partial charge in [-0.05, 0) is 0 Å². The summed E-state index contributed by atoms with van der Waals surface area (Å²) < 4.78 is 33.1. The standard InChI is InChI=1S/2C5H5.C3H3F3.2ClH.Zr/c2*1-2-4-5-3-1;1-2-3(4,5)6;;;/h2*1-3H,4H2;1H3;2*1H;/q2*-1;;;;+2/p-2. The van der Waals surface area contributed by atoms with Crippen LogP contribution in [-0.2, 0) is 24.2 Å². The molecule has 0 N–H and O–H groups in total. The smallest absolute Gasteiger partial charge is 0.109 e. The van der Waals surface area contributed by atoms with E-state index in [1.165, 1.54) is 0 Å². The molecule has 0 aromatic rings. The molecule has 0 heterocycles. The van der Waals surface area contributed by atoms with Crippen LogP contribution in [0.15, 0.2) is 36.5 Å². The zero-order valence-corrected chi connectivity index (χ0v) is 14.2. The van der Waals surface area contributed by atoms with Gasteiger partial charge in [0.05, 0.1) is 0 Å². The van der Waals surface area contributed by atoms with Crippen molar-refractivity contribution in [2.45, 2.75) is 25.9 Å². The summed E-state index contributed by atoms with van der Waals surface area (Å²) in [6.45, 7) is 1.08. The SMILES string of the molecule is C[C](=[Zr+2])C(F)(F)F.[C-]1=CC=CC1.[C-]1=CC=CC1.[Cl-].[Cl-]. The van der Waals surface area contributed by atoms with Gasteiger partial charge in [-0.15, -0.1) is 12.8 Å². The van der Waals surface area contributed by atoms with E-state index in [4.69, 9.17) is 0 Å². The van der Waals surface area contributed by atoms with Crippen LogP contribution in [0.1, 0.15) is 19.8 Å². The first-order chi connectivity index (χ1) is 7.94. The largest absolute Gasteiger partial charge is 1.00 e. The molecule has 2 aliphatic rings. The number of halogens is 5.